The Morgan fingerprint density at radius 1 is 1.23 bits per heavy atom. The zero-order valence-electron chi connectivity index (χ0n) is 18.0. The Morgan fingerprint density at radius 3 is 2.77 bits per heavy atom. The van der Waals surface area contributed by atoms with Gasteiger partial charge in [0.05, 0.1) is 21.0 Å². The molecule has 0 amide bonds. The molecule has 0 spiro atoms. The first kappa shape index (κ1) is 22.4. The summed E-state index contributed by atoms with van der Waals surface area (Å²) in [7, 11) is -3.17. The van der Waals surface area contributed by atoms with Crippen molar-refractivity contribution in [1.82, 2.24) is 24.6 Å². The minimum Gasteiger partial charge on any atom is -0.302 e. The first-order valence-electron chi connectivity index (χ1n) is 10.4. The number of nitrogens with zero attached hydrogens (tertiary/aromatic N) is 5. The Morgan fingerprint density at radius 2 is 2.06 bits per heavy atom. The molecule has 2 aromatic heterocycles. The molecule has 0 fully saturated rings. The van der Waals surface area contributed by atoms with Crippen LogP contribution in [0.3, 0.4) is 0 Å². The van der Waals surface area contributed by atoms with E-state index in [0.29, 0.717) is 4.90 Å². The maximum Gasteiger partial charge on any atom is 0.191 e. The Labute approximate surface area is 191 Å². The lowest BCUT2D eigenvalue weighted by molar-refractivity contribution is 0.255. The van der Waals surface area contributed by atoms with Crippen molar-refractivity contribution in [2.45, 2.75) is 49.8 Å². The molecule has 1 aliphatic rings. The van der Waals surface area contributed by atoms with Gasteiger partial charge in [-0.25, -0.2) is 13.4 Å². The third kappa shape index (κ3) is 5.02. The van der Waals surface area contributed by atoms with Crippen LogP contribution in [0.1, 0.15) is 30.2 Å². The van der Waals surface area contributed by atoms with Gasteiger partial charge in [0.25, 0.3) is 0 Å². The van der Waals surface area contributed by atoms with E-state index in [0.717, 1.165) is 71.9 Å². The molecule has 0 unspecified atom stereocenters. The molecule has 31 heavy (non-hydrogen) atoms. The summed E-state index contributed by atoms with van der Waals surface area (Å²) >= 11 is 3.34. The highest BCUT2D eigenvalue weighted by molar-refractivity contribution is 7.99. The van der Waals surface area contributed by atoms with Gasteiger partial charge in [-0.15, -0.1) is 21.5 Å². The van der Waals surface area contributed by atoms with Gasteiger partial charge in [-0.05, 0) is 56.5 Å². The SMILES string of the molecule is CCn1c(SCCCN2CCc3ccc(S(C)(=O)=O)cc3C2)nnc1-c1scnc1C. The van der Waals surface area contributed by atoms with Crippen LogP contribution in [0.25, 0.3) is 10.7 Å². The fourth-order valence-corrected chi connectivity index (χ4v) is 6.22. The lowest BCUT2D eigenvalue weighted by atomic mass is 10.00. The molecule has 0 radical (unpaired) electrons. The van der Waals surface area contributed by atoms with Crippen molar-refractivity contribution in [3.63, 3.8) is 0 Å². The average molecular weight is 478 g/mol. The number of hydrogen-bond donors (Lipinski definition) is 0. The fourth-order valence-electron chi connectivity index (χ4n) is 3.83. The van der Waals surface area contributed by atoms with Gasteiger partial charge in [0.2, 0.25) is 0 Å². The van der Waals surface area contributed by atoms with Crippen LogP contribution in [0.2, 0.25) is 0 Å². The second-order valence-electron chi connectivity index (χ2n) is 7.75. The van der Waals surface area contributed by atoms with E-state index in [1.807, 2.05) is 24.6 Å². The standard InChI is InChI=1S/C21H27N5O2S3/c1-4-26-20(19-15(2)22-14-30-19)23-24-21(26)29-11-5-9-25-10-8-16-6-7-18(31(3,27)28)12-17(16)13-25/h6-7,12,14H,4-5,8-11,13H2,1-3H3. The van der Waals surface area contributed by atoms with Gasteiger partial charge in [0.15, 0.2) is 20.8 Å². The molecule has 3 heterocycles. The van der Waals surface area contributed by atoms with E-state index in [1.165, 1.54) is 11.8 Å². The molecule has 166 valence electrons. The van der Waals surface area contributed by atoms with E-state index >= 15 is 0 Å². The minimum absolute atomic E-state index is 0.412. The van der Waals surface area contributed by atoms with Gasteiger partial charge in [0, 0.05) is 31.6 Å². The van der Waals surface area contributed by atoms with Crippen LogP contribution in [-0.4, -0.2) is 58.2 Å². The third-order valence-electron chi connectivity index (χ3n) is 5.53. The average Bonchev–Trinajstić information content (AvgIpc) is 3.35. The summed E-state index contributed by atoms with van der Waals surface area (Å²) in [6.45, 7) is 7.75. The molecule has 0 N–H and O–H groups in total. The normalized spacial score (nSPS) is 14.7. The van der Waals surface area contributed by atoms with E-state index in [-0.39, 0.29) is 0 Å². The smallest absolute Gasteiger partial charge is 0.191 e. The molecule has 4 rings (SSSR count). The molecule has 10 heteroatoms. The highest BCUT2D eigenvalue weighted by atomic mass is 32.2. The van der Waals surface area contributed by atoms with Crippen LogP contribution in [-0.2, 0) is 29.3 Å². The van der Waals surface area contributed by atoms with Crippen LogP contribution >= 0.6 is 23.1 Å². The maximum atomic E-state index is 11.9. The highest BCUT2D eigenvalue weighted by Crippen LogP contribution is 2.29. The summed E-state index contributed by atoms with van der Waals surface area (Å²) in [5, 5.41) is 9.78. The van der Waals surface area contributed by atoms with Crippen molar-refractivity contribution in [2.24, 2.45) is 0 Å². The monoisotopic (exact) mass is 477 g/mol. The number of aromatic nitrogens is 4. The number of sulfone groups is 1. The van der Waals surface area contributed by atoms with Crippen molar-refractivity contribution in [1.29, 1.82) is 0 Å². The Hall–Kier alpha value is -1.75. The number of thiazole rings is 1. The number of thioether (sulfide) groups is 1. The number of fused-ring (bicyclic) bond motifs is 1. The summed E-state index contributed by atoms with van der Waals surface area (Å²) in [4.78, 5) is 8.24. The Balaban J connectivity index is 1.33. The quantitative estimate of drug-likeness (QED) is 0.362. The lowest BCUT2D eigenvalue weighted by Crippen LogP contribution is -2.31. The van der Waals surface area contributed by atoms with Crippen LogP contribution in [0, 0.1) is 6.92 Å². The predicted molar refractivity (Wildman–Crippen MR) is 125 cm³/mol. The second-order valence-corrected chi connectivity index (χ2v) is 11.7. The van der Waals surface area contributed by atoms with Crippen LogP contribution < -0.4 is 0 Å². The van der Waals surface area contributed by atoms with Gasteiger partial charge in [-0.1, -0.05) is 17.8 Å². The Kier molecular flexibility index (Phi) is 6.80. The van der Waals surface area contributed by atoms with Gasteiger partial charge in [-0.3, -0.25) is 4.90 Å². The van der Waals surface area contributed by atoms with Crippen LogP contribution in [0.5, 0.6) is 0 Å². The van der Waals surface area contributed by atoms with E-state index in [9.17, 15) is 8.42 Å². The molecule has 0 saturated carbocycles. The highest BCUT2D eigenvalue weighted by Gasteiger charge is 2.19. The van der Waals surface area contributed by atoms with Crippen molar-refractivity contribution in [2.75, 3.05) is 25.1 Å². The van der Waals surface area contributed by atoms with E-state index in [4.69, 9.17) is 0 Å². The largest absolute Gasteiger partial charge is 0.302 e. The number of aryl methyl sites for hydroxylation is 1. The van der Waals surface area contributed by atoms with Crippen molar-refractivity contribution < 1.29 is 8.42 Å². The molecular formula is C21H27N5O2S3. The molecule has 1 aromatic carbocycles. The summed E-state index contributed by atoms with van der Waals surface area (Å²) < 4.78 is 25.9. The fraction of sp³-hybridized carbons (Fsp3) is 0.476. The van der Waals surface area contributed by atoms with Crippen LogP contribution in [0.15, 0.2) is 33.8 Å². The van der Waals surface area contributed by atoms with Gasteiger partial charge in [-0.2, -0.15) is 0 Å². The zero-order chi connectivity index (χ0) is 22.0. The molecule has 0 atom stereocenters. The van der Waals surface area contributed by atoms with E-state index in [1.54, 1.807) is 29.2 Å². The molecule has 0 aliphatic carbocycles. The lowest BCUT2D eigenvalue weighted by Gasteiger charge is -2.29. The topological polar surface area (TPSA) is 81.0 Å². The minimum atomic E-state index is -3.17. The molecule has 0 bridgehead atoms. The second kappa shape index (κ2) is 9.40. The molecule has 7 nitrogen and oxygen atoms in total. The van der Waals surface area contributed by atoms with E-state index in [2.05, 4.69) is 31.6 Å². The Bertz CT molecular complexity index is 1170. The van der Waals surface area contributed by atoms with Crippen LogP contribution in [0.4, 0.5) is 0 Å². The first-order valence-corrected chi connectivity index (χ1v) is 14.1. The summed E-state index contributed by atoms with van der Waals surface area (Å²) in [5.74, 6) is 1.87. The predicted octanol–water partition coefficient (Wildman–Crippen LogP) is 3.67. The van der Waals surface area contributed by atoms with Crippen molar-refractivity contribution in [3.05, 3.63) is 40.5 Å². The summed E-state index contributed by atoms with van der Waals surface area (Å²) in [6.07, 6.45) is 3.27. The number of hydrogen-bond acceptors (Lipinski definition) is 8. The van der Waals surface area contributed by atoms with Gasteiger partial charge < -0.3 is 4.57 Å². The first-order chi connectivity index (χ1) is 14.9. The molecule has 1 aliphatic heterocycles. The van der Waals surface area contributed by atoms with Crippen molar-refractivity contribution >= 4 is 32.9 Å². The molecule has 0 saturated heterocycles. The molecular weight excluding hydrogens is 450 g/mol. The van der Waals surface area contributed by atoms with E-state index < -0.39 is 9.84 Å². The molecule has 3 aromatic rings. The summed E-state index contributed by atoms with van der Waals surface area (Å²) in [6, 6.07) is 5.55. The third-order valence-corrected chi connectivity index (χ3v) is 8.62. The van der Waals surface area contributed by atoms with Crippen molar-refractivity contribution in [3.8, 4) is 10.7 Å². The van der Waals surface area contributed by atoms with Gasteiger partial charge in [0.1, 0.15) is 0 Å². The number of benzene rings is 1. The zero-order valence-corrected chi connectivity index (χ0v) is 20.5. The summed E-state index contributed by atoms with van der Waals surface area (Å²) in [5.41, 5.74) is 5.24. The van der Waals surface area contributed by atoms with Gasteiger partial charge >= 0.3 is 0 Å². The number of rotatable bonds is 8. The maximum absolute atomic E-state index is 11.9.